The molecular formula is C16H17Cl2F3N2O. The molecule has 0 radical (unpaired) electrons. The molecule has 1 N–H and O–H groups in total. The summed E-state index contributed by atoms with van der Waals surface area (Å²) < 4.78 is 44.8. The molecule has 1 saturated heterocycles. The Morgan fingerprint density at radius 1 is 1.17 bits per heavy atom. The molecule has 1 atom stereocenters. The van der Waals surface area contributed by atoms with Gasteiger partial charge in [-0.2, -0.15) is 13.2 Å². The molecule has 1 aromatic carbocycles. The zero-order valence-corrected chi connectivity index (χ0v) is 14.2. The molecule has 0 spiro atoms. The fraction of sp³-hybridized carbons (Fsp3) is 0.375. The Balaban J connectivity index is 0.00000208. The zero-order chi connectivity index (χ0) is 16.4. The standard InChI is InChI=1S/C16H16ClF3N2O.ClH/c17-13-9-11(8-12(10-13)16(18,19)20)15(14-2-1-7-23-14)22-5-3-21-4-6-22;/h1-2,7-10,15,21H,3-6H2;1H/t15-;/m1./s1. The lowest BCUT2D eigenvalue weighted by Crippen LogP contribution is -2.45. The minimum Gasteiger partial charge on any atom is -0.467 e. The summed E-state index contributed by atoms with van der Waals surface area (Å²) >= 11 is 5.94. The van der Waals surface area contributed by atoms with Gasteiger partial charge in [-0.3, -0.25) is 4.90 Å². The Hall–Kier alpha value is -1.21. The monoisotopic (exact) mass is 380 g/mol. The molecule has 0 unspecified atom stereocenters. The molecule has 3 nitrogen and oxygen atoms in total. The maximum absolute atomic E-state index is 13.1. The summed E-state index contributed by atoms with van der Waals surface area (Å²) in [6, 6.07) is 6.81. The molecule has 3 rings (SSSR count). The van der Waals surface area contributed by atoms with Crippen molar-refractivity contribution in [1.82, 2.24) is 10.2 Å². The molecule has 1 aromatic heterocycles. The maximum Gasteiger partial charge on any atom is 0.416 e. The fourth-order valence-corrected chi connectivity index (χ4v) is 3.12. The number of rotatable bonds is 3. The Morgan fingerprint density at radius 3 is 2.46 bits per heavy atom. The average Bonchev–Trinajstić information content (AvgIpc) is 3.01. The van der Waals surface area contributed by atoms with Gasteiger partial charge in [0.25, 0.3) is 0 Å². The van der Waals surface area contributed by atoms with Crippen LogP contribution in [-0.2, 0) is 6.18 Å². The number of halogens is 5. The maximum atomic E-state index is 13.1. The van der Waals surface area contributed by atoms with Crippen LogP contribution in [0.15, 0.2) is 41.0 Å². The van der Waals surface area contributed by atoms with E-state index in [-0.39, 0.29) is 23.5 Å². The van der Waals surface area contributed by atoms with E-state index in [2.05, 4.69) is 10.2 Å². The van der Waals surface area contributed by atoms with Gasteiger partial charge in [-0.05, 0) is 35.9 Å². The molecule has 1 aliphatic heterocycles. The molecule has 0 amide bonds. The molecule has 1 aliphatic rings. The van der Waals surface area contributed by atoms with Crippen LogP contribution >= 0.6 is 24.0 Å². The first-order valence-corrected chi connectivity index (χ1v) is 7.69. The highest BCUT2D eigenvalue weighted by molar-refractivity contribution is 6.30. The summed E-state index contributed by atoms with van der Waals surface area (Å²) in [7, 11) is 0. The van der Waals surface area contributed by atoms with Crippen LogP contribution in [0.5, 0.6) is 0 Å². The normalized spacial score (nSPS) is 17.3. The highest BCUT2D eigenvalue weighted by atomic mass is 35.5. The van der Waals surface area contributed by atoms with Crippen molar-refractivity contribution in [3.8, 4) is 0 Å². The largest absolute Gasteiger partial charge is 0.467 e. The molecule has 0 saturated carbocycles. The van der Waals surface area contributed by atoms with Crippen molar-refractivity contribution in [3.05, 3.63) is 58.5 Å². The van der Waals surface area contributed by atoms with E-state index in [1.807, 2.05) is 0 Å². The van der Waals surface area contributed by atoms with E-state index >= 15 is 0 Å². The van der Waals surface area contributed by atoms with Crippen molar-refractivity contribution in [2.75, 3.05) is 26.2 Å². The third kappa shape index (κ3) is 4.25. The number of alkyl halides is 3. The van der Waals surface area contributed by atoms with Crippen LogP contribution in [0.1, 0.15) is 22.9 Å². The lowest BCUT2D eigenvalue weighted by atomic mass is 9.99. The van der Waals surface area contributed by atoms with Crippen LogP contribution in [0, 0.1) is 0 Å². The summed E-state index contributed by atoms with van der Waals surface area (Å²) in [5.41, 5.74) is -0.256. The Labute approximate surface area is 149 Å². The van der Waals surface area contributed by atoms with Crippen LogP contribution in [0.4, 0.5) is 13.2 Å². The van der Waals surface area contributed by atoms with Crippen molar-refractivity contribution >= 4 is 24.0 Å². The Bertz CT molecular complexity index is 656. The van der Waals surface area contributed by atoms with E-state index in [1.54, 1.807) is 18.2 Å². The van der Waals surface area contributed by atoms with Crippen molar-refractivity contribution in [1.29, 1.82) is 0 Å². The second-order valence-corrected chi connectivity index (χ2v) is 5.91. The second-order valence-electron chi connectivity index (χ2n) is 5.47. The highest BCUT2D eigenvalue weighted by Gasteiger charge is 2.33. The third-order valence-corrected chi connectivity index (χ3v) is 4.11. The molecule has 1 fully saturated rings. The van der Waals surface area contributed by atoms with E-state index in [0.717, 1.165) is 38.3 Å². The predicted molar refractivity (Wildman–Crippen MR) is 88.7 cm³/mol. The van der Waals surface area contributed by atoms with Gasteiger partial charge in [0.15, 0.2) is 0 Å². The summed E-state index contributed by atoms with van der Waals surface area (Å²) in [5, 5.41) is 3.31. The van der Waals surface area contributed by atoms with Crippen LogP contribution < -0.4 is 5.32 Å². The summed E-state index contributed by atoms with van der Waals surface area (Å²) in [4.78, 5) is 2.10. The summed E-state index contributed by atoms with van der Waals surface area (Å²) in [5.74, 6) is 0.613. The first kappa shape index (κ1) is 19.1. The first-order chi connectivity index (χ1) is 10.9. The number of hydrogen-bond donors (Lipinski definition) is 1. The summed E-state index contributed by atoms with van der Waals surface area (Å²) in [6.45, 7) is 3.01. The van der Waals surface area contributed by atoms with E-state index in [4.69, 9.17) is 16.0 Å². The number of hydrogen-bond acceptors (Lipinski definition) is 3. The first-order valence-electron chi connectivity index (χ1n) is 7.31. The highest BCUT2D eigenvalue weighted by Crippen LogP contribution is 2.36. The third-order valence-electron chi connectivity index (χ3n) is 3.89. The fourth-order valence-electron chi connectivity index (χ4n) is 2.88. The summed E-state index contributed by atoms with van der Waals surface area (Å²) in [6.07, 6.45) is -2.91. The van der Waals surface area contributed by atoms with Gasteiger partial charge in [0.2, 0.25) is 0 Å². The quantitative estimate of drug-likeness (QED) is 0.856. The number of furan rings is 1. The molecule has 2 heterocycles. The van der Waals surface area contributed by atoms with E-state index in [0.29, 0.717) is 11.3 Å². The Kier molecular flexibility index (Phi) is 6.20. The number of nitrogens with one attached hydrogen (secondary N) is 1. The van der Waals surface area contributed by atoms with Crippen molar-refractivity contribution in [2.45, 2.75) is 12.2 Å². The van der Waals surface area contributed by atoms with Crippen LogP contribution in [-0.4, -0.2) is 31.1 Å². The average molecular weight is 381 g/mol. The van der Waals surface area contributed by atoms with Crippen molar-refractivity contribution in [2.24, 2.45) is 0 Å². The second kappa shape index (κ2) is 7.78. The lowest BCUT2D eigenvalue weighted by molar-refractivity contribution is -0.137. The predicted octanol–water partition coefficient (Wildman–Crippen LogP) is 4.37. The topological polar surface area (TPSA) is 28.4 Å². The van der Waals surface area contributed by atoms with E-state index in [9.17, 15) is 13.2 Å². The van der Waals surface area contributed by atoms with Gasteiger partial charge < -0.3 is 9.73 Å². The SMILES string of the molecule is Cl.FC(F)(F)c1cc(Cl)cc([C@H](c2ccco2)N2CCNCC2)c1. The van der Waals surface area contributed by atoms with Gasteiger partial charge in [0, 0.05) is 31.2 Å². The minimum absolute atomic E-state index is 0. The molecule has 0 aliphatic carbocycles. The molecule has 8 heteroatoms. The van der Waals surface area contributed by atoms with Gasteiger partial charge in [-0.1, -0.05) is 11.6 Å². The number of benzene rings is 1. The molecule has 132 valence electrons. The van der Waals surface area contributed by atoms with Gasteiger partial charge in [-0.15, -0.1) is 12.4 Å². The van der Waals surface area contributed by atoms with Gasteiger partial charge >= 0.3 is 6.18 Å². The van der Waals surface area contributed by atoms with Crippen molar-refractivity contribution in [3.63, 3.8) is 0 Å². The van der Waals surface area contributed by atoms with Crippen molar-refractivity contribution < 1.29 is 17.6 Å². The van der Waals surface area contributed by atoms with Crippen LogP contribution in [0.2, 0.25) is 5.02 Å². The minimum atomic E-state index is -4.43. The van der Waals surface area contributed by atoms with Crippen LogP contribution in [0.25, 0.3) is 0 Å². The Morgan fingerprint density at radius 2 is 1.88 bits per heavy atom. The van der Waals surface area contributed by atoms with Gasteiger partial charge in [0.05, 0.1) is 17.9 Å². The molecule has 2 aromatic rings. The van der Waals surface area contributed by atoms with Crippen LogP contribution in [0.3, 0.4) is 0 Å². The van der Waals surface area contributed by atoms with Gasteiger partial charge in [0.1, 0.15) is 5.76 Å². The molecule has 0 bridgehead atoms. The van der Waals surface area contributed by atoms with E-state index < -0.39 is 11.7 Å². The number of nitrogens with zero attached hydrogens (tertiary/aromatic N) is 1. The smallest absolute Gasteiger partial charge is 0.416 e. The van der Waals surface area contributed by atoms with E-state index in [1.165, 1.54) is 6.26 Å². The number of piperazine rings is 1. The lowest BCUT2D eigenvalue weighted by Gasteiger charge is -2.34. The zero-order valence-electron chi connectivity index (χ0n) is 12.6. The molecular weight excluding hydrogens is 364 g/mol. The molecule has 24 heavy (non-hydrogen) atoms. The van der Waals surface area contributed by atoms with Gasteiger partial charge in [-0.25, -0.2) is 0 Å².